The lowest BCUT2D eigenvalue weighted by Crippen LogP contribution is -2.31. The van der Waals surface area contributed by atoms with Crippen LogP contribution < -0.4 is 5.32 Å². The molecule has 1 heterocycles. The molecular weight excluding hydrogens is 341 g/mol. The Morgan fingerprint density at radius 1 is 0.885 bits per heavy atom. The van der Waals surface area contributed by atoms with Gasteiger partial charge in [-0.2, -0.15) is 13.2 Å². The zero-order valence-corrected chi connectivity index (χ0v) is 13.6. The topological polar surface area (TPSA) is 42.0 Å². The van der Waals surface area contributed by atoms with Crippen molar-refractivity contribution in [2.75, 3.05) is 0 Å². The number of carbonyl (C=O) groups is 1. The molecule has 0 aliphatic heterocycles. The Morgan fingerprint density at radius 3 is 2.19 bits per heavy atom. The highest BCUT2D eigenvalue weighted by atomic mass is 19.4. The van der Waals surface area contributed by atoms with E-state index >= 15 is 0 Å². The SMILES string of the molecule is O=C(NC(c1ccccc1)c1ccccn1)c1ccccc1C(F)(F)F. The standard InChI is InChI=1S/C20H15F3N2O/c21-20(22,23)16-11-5-4-10-15(16)19(26)25-18(14-8-2-1-3-9-14)17-12-6-7-13-24-17/h1-13,18H,(H,25,26). The number of aromatic nitrogens is 1. The van der Waals surface area contributed by atoms with Gasteiger partial charge in [-0.05, 0) is 29.8 Å². The molecule has 0 saturated carbocycles. The maximum absolute atomic E-state index is 13.2. The van der Waals surface area contributed by atoms with Gasteiger partial charge in [-0.3, -0.25) is 9.78 Å². The van der Waals surface area contributed by atoms with Crippen LogP contribution in [0, 0.1) is 0 Å². The molecule has 1 amide bonds. The van der Waals surface area contributed by atoms with Gasteiger partial charge in [-0.15, -0.1) is 0 Å². The molecule has 0 aliphatic carbocycles. The van der Waals surface area contributed by atoms with Crippen molar-refractivity contribution in [3.05, 3.63) is 101 Å². The van der Waals surface area contributed by atoms with E-state index in [0.29, 0.717) is 5.69 Å². The zero-order chi connectivity index (χ0) is 18.6. The fourth-order valence-corrected chi connectivity index (χ4v) is 2.66. The molecule has 1 N–H and O–H groups in total. The van der Waals surface area contributed by atoms with Crippen LogP contribution in [0.5, 0.6) is 0 Å². The molecule has 1 unspecified atom stereocenters. The first-order valence-corrected chi connectivity index (χ1v) is 7.90. The Balaban J connectivity index is 1.97. The Hall–Kier alpha value is -3.15. The van der Waals surface area contributed by atoms with Crippen LogP contribution in [0.15, 0.2) is 79.0 Å². The van der Waals surface area contributed by atoms with Gasteiger partial charge in [0.1, 0.15) is 0 Å². The van der Waals surface area contributed by atoms with Gasteiger partial charge >= 0.3 is 6.18 Å². The van der Waals surface area contributed by atoms with Crippen molar-refractivity contribution in [2.24, 2.45) is 0 Å². The van der Waals surface area contributed by atoms with E-state index in [1.54, 1.807) is 48.7 Å². The summed E-state index contributed by atoms with van der Waals surface area (Å²) in [7, 11) is 0. The van der Waals surface area contributed by atoms with Crippen molar-refractivity contribution < 1.29 is 18.0 Å². The maximum Gasteiger partial charge on any atom is 0.417 e. The second kappa shape index (κ2) is 7.39. The minimum absolute atomic E-state index is 0.420. The molecule has 0 radical (unpaired) electrons. The Labute approximate surface area is 148 Å². The lowest BCUT2D eigenvalue weighted by atomic mass is 10.0. The summed E-state index contributed by atoms with van der Waals surface area (Å²) in [6.07, 6.45) is -3.04. The van der Waals surface area contributed by atoms with Crippen LogP contribution in [-0.2, 0) is 6.18 Å². The molecule has 1 aromatic heterocycles. The molecular formula is C20H15F3N2O. The van der Waals surface area contributed by atoms with Crippen molar-refractivity contribution in [3.63, 3.8) is 0 Å². The van der Waals surface area contributed by atoms with Gasteiger partial charge in [0.05, 0.1) is 22.9 Å². The first-order valence-electron chi connectivity index (χ1n) is 7.90. The van der Waals surface area contributed by atoms with Gasteiger partial charge in [0.15, 0.2) is 0 Å². The molecule has 0 saturated heterocycles. The Bertz CT molecular complexity index is 841. The van der Waals surface area contributed by atoms with Gasteiger partial charge in [-0.1, -0.05) is 48.5 Å². The van der Waals surface area contributed by atoms with Crippen molar-refractivity contribution >= 4 is 5.91 Å². The van der Waals surface area contributed by atoms with Crippen LogP contribution >= 0.6 is 0 Å². The number of amides is 1. The van der Waals surface area contributed by atoms with Gasteiger partial charge in [0.2, 0.25) is 0 Å². The van der Waals surface area contributed by atoms with E-state index < -0.39 is 29.3 Å². The molecule has 6 heteroatoms. The maximum atomic E-state index is 13.2. The average molecular weight is 356 g/mol. The molecule has 0 bridgehead atoms. The van der Waals surface area contributed by atoms with Gasteiger partial charge in [-0.25, -0.2) is 0 Å². The predicted octanol–water partition coefficient (Wildman–Crippen LogP) is 4.62. The number of carbonyl (C=O) groups excluding carboxylic acids is 1. The molecule has 132 valence electrons. The molecule has 3 rings (SSSR count). The molecule has 1 atom stereocenters. The zero-order valence-electron chi connectivity index (χ0n) is 13.6. The summed E-state index contributed by atoms with van der Waals surface area (Å²) in [5.41, 5.74) is -0.122. The van der Waals surface area contributed by atoms with Crippen molar-refractivity contribution in [3.8, 4) is 0 Å². The number of halogens is 3. The van der Waals surface area contributed by atoms with Crippen LogP contribution in [-0.4, -0.2) is 10.9 Å². The second-order valence-electron chi connectivity index (χ2n) is 5.62. The highest BCUT2D eigenvalue weighted by Gasteiger charge is 2.35. The lowest BCUT2D eigenvalue weighted by Gasteiger charge is -2.20. The lowest BCUT2D eigenvalue weighted by molar-refractivity contribution is -0.137. The second-order valence-corrected chi connectivity index (χ2v) is 5.62. The third kappa shape index (κ3) is 3.91. The van der Waals surface area contributed by atoms with Gasteiger partial charge in [0, 0.05) is 6.20 Å². The number of rotatable bonds is 4. The smallest absolute Gasteiger partial charge is 0.340 e. The fourth-order valence-electron chi connectivity index (χ4n) is 2.66. The number of nitrogens with zero attached hydrogens (tertiary/aromatic N) is 1. The molecule has 26 heavy (non-hydrogen) atoms. The third-order valence-corrected chi connectivity index (χ3v) is 3.87. The number of pyridine rings is 1. The quantitative estimate of drug-likeness (QED) is 0.741. The van der Waals surface area contributed by atoms with Crippen molar-refractivity contribution in [2.45, 2.75) is 12.2 Å². The average Bonchev–Trinajstić information content (AvgIpc) is 2.66. The van der Waals surface area contributed by atoms with E-state index in [1.165, 1.54) is 18.2 Å². The highest BCUT2D eigenvalue weighted by molar-refractivity contribution is 5.96. The number of alkyl halides is 3. The Morgan fingerprint density at radius 2 is 1.54 bits per heavy atom. The molecule has 0 aliphatic rings. The molecule has 0 spiro atoms. The van der Waals surface area contributed by atoms with E-state index in [9.17, 15) is 18.0 Å². The van der Waals surface area contributed by atoms with E-state index in [2.05, 4.69) is 10.3 Å². The van der Waals surface area contributed by atoms with Crippen LogP contribution in [0.4, 0.5) is 13.2 Å². The first kappa shape index (κ1) is 17.7. The summed E-state index contributed by atoms with van der Waals surface area (Å²) in [4.78, 5) is 16.9. The van der Waals surface area contributed by atoms with Crippen LogP contribution in [0.25, 0.3) is 0 Å². The predicted molar refractivity (Wildman–Crippen MR) is 91.4 cm³/mol. The Kier molecular flexibility index (Phi) is 5.02. The summed E-state index contributed by atoms with van der Waals surface area (Å²) in [5, 5.41) is 2.68. The van der Waals surface area contributed by atoms with E-state index in [1.807, 2.05) is 6.07 Å². The van der Waals surface area contributed by atoms with E-state index in [4.69, 9.17) is 0 Å². The highest BCUT2D eigenvalue weighted by Crippen LogP contribution is 2.32. The molecule has 2 aromatic carbocycles. The van der Waals surface area contributed by atoms with Crippen LogP contribution in [0.1, 0.15) is 33.2 Å². The van der Waals surface area contributed by atoms with Crippen LogP contribution in [0.3, 0.4) is 0 Å². The van der Waals surface area contributed by atoms with E-state index in [0.717, 1.165) is 11.6 Å². The summed E-state index contributed by atoms with van der Waals surface area (Å²) in [6.45, 7) is 0. The molecule has 3 aromatic rings. The van der Waals surface area contributed by atoms with Crippen molar-refractivity contribution in [1.29, 1.82) is 0 Å². The monoisotopic (exact) mass is 356 g/mol. The largest absolute Gasteiger partial charge is 0.417 e. The number of hydrogen-bond acceptors (Lipinski definition) is 2. The summed E-state index contributed by atoms with van der Waals surface area (Å²) >= 11 is 0. The summed E-state index contributed by atoms with van der Waals surface area (Å²) < 4.78 is 39.6. The minimum atomic E-state index is -4.61. The van der Waals surface area contributed by atoms with E-state index in [-0.39, 0.29) is 0 Å². The number of hydrogen-bond donors (Lipinski definition) is 1. The summed E-state index contributed by atoms with van der Waals surface area (Å²) in [6, 6.07) is 18.2. The first-order chi connectivity index (χ1) is 12.5. The number of nitrogens with one attached hydrogen (secondary N) is 1. The third-order valence-electron chi connectivity index (χ3n) is 3.87. The molecule has 3 nitrogen and oxygen atoms in total. The van der Waals surface area contributed by atoms with Crippen LogP contribution in [0.2, 0.25) is 0 Å². The van der Waals surface area contributed by atoms with Crippen molar-refractivity contribution in [1.82, 2.24) is 10.3 Å². The summed E-state index contributed by atoms with van der Waals surface area (Å²) in [5.74, 6) is -0.808. The van der Waals surface area contributed by atoms with Gasteiger partial charge in [0.25, 0.3) is 5.91 Å². The fraction of sp³-hybridized carbons (Fsp3) is 0.100. The normalized spacial score (nSPS) is 12.4. The molecule has 0 fully saturated rings. The minimum Gasteiger partial charge on any atom is -0.340 e. The van der Waals surface area contributed by atoms with Gasteiger partial charge < -0.3 is 5.32 Å². The number of benzene rings is 2.